The molecule has 1 amide bonds. The molecular weight excluding hydrogens is 327 g/mol. The molecule has 2 heterocycles. The van der Waals surface area contributed by atoms with Crippen LogP contribution in [-0.2, 0) is 17.3 Å². The summed E-state index contributed by atoms with van der Waals surface area (Å²) in [5.74, 6) is -0.522. The molecule has 24 heavy (non-hydrogen) atoms. The molecule has 0 aliphatic rings. The lowest BCUT2D eigenvalue weighted by Gasteiger charge is -2.09. The van der Waals surface area contributed by atoms with E-state index in [1.807, 2.05) is 0 Å². The number of aliphatic hydroxyl groups is 1. The number of nitrogens with zero attached hydrogens (tertiary/aromatic N) is 2. The molecule has 0 aliphatic carbocycles. The van der Waals surface area contributed by atoms with Crippen LogP contribution in [-0.4, -0.2) is 46.8 Å². The van der Waals surface area contributed by atoms with Crippen molar-refractivity contribution in [2.75, 3.05) is 26.4 Å². The second kappa shape index (κ2) is 7.63. The first-order valence-electron chi connectivity index (χ1n) is 7.43. The van der Waals surface area contributed by atoms with Gasteiger partial charge in [-0.15, -0.1) is 0 Å². The zero-order valence-corrected chi connectivity index (χ0v) is 13.1. The van der Waals surface area contributed by atoms with Crippen molar-refractivity contribution >= 4 is 11.6 Å². The minimum atomic E-state index is -4.50. The van der Waals surface area contributed by atoms with Crippen molar-refractivity contribution in [1.82, 2.24) is 14.7 Å². The number of ether oxygens (including phenoxy) is 1. The van der Waals surface area contributed by atoms with Gasteiger partial charge in [0.05, 0.1) is 31.1 Å². The van der Waals surface area contributed by atoms with Crippen molar-refractivity contribution in [1.29, 1.82) is 0 Å². The van der Waals surface area contributed by atoms with Crippen LogP contribution in [0.15, 0.2) is 18.3 Å². The number of nitrogens with one attached hydrogen (secondary N) is 1. The molecule has 132 valence electrons. The first kappa shape index (κ1) is 18.2. The molecule has 2 rings (SSSR count). The van der Waals surface area contributed by atoms with E-state index in [-0.39, 0.29) is 37.7 Å². The number of alkyl halides is 3. The Morgan fingerprint density at radius 1 is 1.38 bits per heavy atom. The Bertz CT molecular complexity index is 713. The van der Waals surface area contributed by atoms with Crippen molar-refractivity contribution < 1.29 is 27.8 Å². The van der Waals surface area contributed by atoms with Crippen molar-refractivity contribution in [2.45, 2.75) is 19.5 Å². The summed E-state index contributed by atoms with van der Waals surface area (Å²) in [7, 11) is 0. The Kier molecular flexibility index (Phi) is 5.79. The fourth-order valence-electron chi connectivity index (χ4n) is 2.24. The molecule has 0 aromatic carbocycles. The van der Waals surface area contributed by atoms with Crippen molar-refractivity contribution in [3.63, 3.8) is 0 Å². The number of aryl methyl sites for hydroxylation is 1. The predicted molar refractivity (Wildman–Crippen MR) is 79.8 cm³/mol. The summed E-state index contributed by atoms with van der Waals surface area (Å²) in [5, 5.41) is 11.2. The van der Waals surface area contributed by atoms with Gasteiger partial charge in [-0.25, -0.2) is 4.98 Å². The second-order valence-electron chi connectivity index (χ2n) is 5.00. The maximum atomic E-state index is 12.9. The van der Waals surface area contributed by atoms with Gasteiger partial charge in [-0.2, -0.15) is 13.2 Å². The normalized spacial score (nSPS) is 11.9. The molecule has 0 bridgehead atoms. The molecule has 0 saturated carbocycles. The fraction of sp³-hybridized carbons (Fsp3) is 0.467. The number of carbonyl (C=O) groups excluding carboxylic acids is 1. The van der Waals surface area contributed by atoms with Crippen LogP contribution in [0.25, 0.3) is 5.65 Å². The van der Waals surface area contributed by atoms with Crippen molar-refractivity contribution in [2.24, 2.45) is 0 Å². The van der Waals surface area contributed by atoms with Crippen molar-refractivity contribution in [3.8, 4) is 0 Å². The Balaban J connectivity index is 2.27. The van der Waals surface area contributed by atoms with Gasteiger partial charge in [-0.3, -0.25) is 9.20 Å². The number of pyridine rings is 1. The molecule has 6 nitrogen and oxygen atoms in total. The van der Waals surface area contributed by atoms with Gasteiger partial charge in [0.25, 0.3) is 5.91 Å². The molecule has 2 aromatic heterocycles. The zero-order chi connectivity index (χ0) is 17.7. The summed E-state index contributed by atoms with van der Waals surface area (Å²) in [4.78, 5) is 16.5. The molecule has 0 spiro atoms. The third-order valence-electron chi connectivity index (χ3n) is 3.34. The number of halogens is 3. The van der Waals surface area contributed by atoms with Gasteiger partial charge in [0.15, 0.2) is 0 Å². The van der Waals surface area contributed by atoms with Gasteiger partial charge < -0.3 is 15.2 Å². The number of fused-ring (bicyclic) bond motifs is 1. The summed E-state index contributed by atoms with van der Waals surface area (Å²) in [6.45, 7) is 2.17. The summed E-state index contributed by atoms with van der Waals surface area (Å²) in [6.07, 6.45) is -3.22. The molecular formula is C15H18F3N3O3. The molecule has 0 atom stereocenters. The van der Waals surface area contributed by atoms with Gasteiger partial charge >= 0.3 is 6.18 Å². The van der Waals surface area contributed by atoms with E-state index >= 15 is 0 Å². The van der Waals surface area contributed by atoms with Crippen LogP contribution in [0, 0.1) is 0 Å². The minimum Gasteiger partial charge on any atom is -0.394 e. The van der Waals surface area contributed by atoms with Crippen LogP contribution in [0.5, 0.6) is 0 Å². The average molecular weight is 345 g/mol. The van der Waals surface area contributed by atoms with Crippen LogP contribution >= 0.6 is 0 Å². The number of hydrogen-bond donors (Lipinski definition) is 2. The summed E-state index contributed by atoms with van der Waals surface area (Å²) < 4.78 is 44.8. The van der Waals surface area contributed by atoms with E-state index in [1.54, 1.807) is 6.92 Å². The highest BCUT2D eigenvalue weighted by atomic mass is 19.4. The fourth-order valence-corrected chi connectivity index (χ4v) is 2.24. The van der Waals surface area contributed by atoms with Crippen LogP contribution in [0.3, 0.4) is 0 Å². The van der Waals surface area contributed by atoms with Crippen molar-refractivity contribution in [3.05, 3.63) is 35.3 Å². The third kappa shape index (κ3) is 4.04. The van der Waals surface area contributed by atoms with E-state index in [9.17, 15) is 18.0 Å². The maximum Gasteiger partial charge on any atom is 0.417 e. The lowest BCUT2D eigenvalue weighted by molar-refractivity contribution is -0.137. The molecule has 9 heteroatoms. The van der Waals surface area contributed by atoms with E-state index in [4.69, 9.17) is 9.84 Å². The lowest BCUT2D eigenvalue weighted by Crippen LogP contribution is -2.29. The van der Waals surface area contributed by atoms with Crippen LogP contribution in [0.2, 0.25) is 0 Å². The number of hydrogen-bond acceptors (Lipinski definition) is 4. The highest BCUT2D eigenvalue weighted by Gasteiger charge is 2.31. The van der Waals surface area contributed by atoms with Gasteiger partial charge in [0, 0.05) is 12.7 Å². The highest BCUT2D eigenvalue weighted by molar-refractivity contribution is 5.94. The van der Waals surface area contributed by atoms with E-state index in [0.717, 1.165) is 16.7 Å². The largest absolute Gasteiger partial charge is 0.417 e. The number of rotatable bonds is 7. The molecule has 2 N–H and O–H groups in total. The Morgan fingerprint density at radius 2 is 2.12 bits per heavy atom. The van der Waals surface area contributed by atoms with Gasteiger partial charge in [0.2, 0.25) is 0 Å². The van der Waals surface area contributed by atoms with E-state index in [1.165, 1.54) is 6.07 Å². The second-order valence-corrected chi connectivity index (χ2v) is 5.00. The zero-order valence-electron chi connectivity index (χ0n) is 13.1. The summed E-state index contributed by atoms with van der Waals surface area (Å²) in [5.41, 5.74) is -0.0687. The molecule has 0 radical (unpaired) electrons. The van der Waals surface area contributed by atoms with Crippen LogP contribution in [0.4, 0.5) is 13.2 Å². The number of carbonyl (C=O) groups is 1. The lowest BCUT2D eigenvalue weighted by atomic mass is 10.2. The average Bonchev–Trinajstić information content (AvgIpc) is 2.91. The third-order valence-corrected chi connectivity index (χ3v) is 3.34. The molecule has 2 aromatic rings. The highest BCUT2D eigenvalue weighted by Crippen LogP contribution is 2.29. The number of imidazole rings is 1. The number of aromatic nitrogens is 2. The number of aliphatic hydroxyl groups excluding tert-OH is 1. The van der Waals surface area contributed by atoms with E-state index < -0.39 is 17.6 Å². The smallest absolute Gasteiger partial charge is 0.394 e. The Morgan fingerprint density at radius 3 is 2.75 bits per heavy atom. The molecule has 0 saturated heterocycles. The predicted octanol–water partition coefficient (Wildman–Crippen LogP) is 1.65. The summed E-state index contributed by atoms with van der Waals surface area (Å²) >= 11 is 0. The first-order chi connectivity index (χ1) is 11.4. The van der Waals surface area contributed by atoms with Crippen LogP contribution < -0.4 is 5.32 Å². The summed E-state index contributed by atoms with van der Waals surface area (Å²) in [6, 6.07) is 2.18. The Labute approximate surface area is 136 Å². The minimum absolute atomic E-state index is 0.0840. The van der Waals surface area contributed by atoms with Gasteiger partial charge in [0.1, 0.15) is 11.3 Å². The maximum absolute atomic E-state index is 12.9. The topological polar surface area (TPSA) is 75.9 Å². The SMILES string of the molecule is CCc1nc2ccc(C(F)(F)F)cn2c1C(=O)NCCOCCO. The monoisotopic (exact) mass is 345 g/mol. The van der Waals surface area contributed by atoms with Gasteiger partial charge in [-0.1, -0.05) is 6.92 Å². The molecule has 0 fully saturated rings. The standard InChI is InChI=1S/C15H18F3N3O3/c1-2-11-13(14(23)19-5-7-24-8-6-22)21-9-10(15(16,17)18)3-4-12(21)20-11/h3-4,9,22H,2,5-8H2,1H3,(H,19,23). The molecule has 0 unspecified atom stereocenters. The van der Waals surface area contributed by atoms with Crippen LogP contribution in [0.1, 0.15) is 28.7 Å². The van der Waals surface area contributed by atoms with E-state index in [0.29, 0.717) is 12.1 Å². The number of amides is 1. The molecule has 0 aliphatic heterocycles. The van der Waals surface area contributed by atoms with Gasteiger partial charge in [-0.05, 0) is 18.6 Å². The first-order valence-corrected chi connectivity index (χ1v) is 7.43. The van der Waals surface area contributed by atoms with E-state index in [2.05, 4.69) is 10.3 Å². The Hall–Kier alpha value is -2.13. The quantitative estimate of drug-likeness (QED) is 0.749.